The van der Waals surface area contributed by atoms with E-state index < -0.39 is 11.5 Å². The van der Waals surface area contributed by atoms with Crippen LogP contribution in [-0.4, -0.2) is 25.7 Å². The van der Waals surface area contributed by atoms with Crippen LogP contribution in [0.15, 0.2) is 53.3 Å². The van der Waals surface area contributed by atoms with E-state index in [-0.39, 0.29) is 11.2 Å². The molecule has 0 saturated heterocycles. The van der Waals surface area contributed by atoms with Gasteiger partial charge in [0.2, 0.25) is 0 Å². The molecule has 7 heteroatoms. The molecule has 0 saturated carbocycles. The Morgan fingerprint density at radius 1 is 1.17 bits per heavy atom. The SMILES string of the molecule is Cc1ccc2c(c1)[nH]c(=O)c1c(C(=O)Nc3ccccc3)nnn12. The lowest BCUT2D eigenvalue weighted by Gasteiger charge is -2.04. The first-order chi connectivity index (χ1) is 11.6. The predicted molar refractivity (Wildman–Crippen MR) is 90.2 cm³/mol. The fraction of sp³-hybridized carbons (Fsp3) is 0.0588. The second kappa shape index (κ2) is 5.31. The van der Waals surface area contributed by atoms with Gasteiger partial charge in [-0.2, -0.15) is 0 Å². The number of amides is 1. The highest BCUT2D eigenvalue weighted by Crippen LogP contribution is 2.15. The summed E-state index contributed by atoms with van der Waals surface area (Å²) < 4.78 is 1.40. The first kappa shape index (κ1) is 14.1. The molecule has 0 bridgehead atoms. The fourth-order valence-corrected chi connectivity index (χ4v) is 2.64. The summed E-state index contributed by atoms with van der Waals surface area (Å²) in [5, 5.41) is 10.6. The van der Waals surface area contributed by atoms with Crippen molar-refractivity contribution in [2.24, 2.45) is 0 Å². The van der Waals surface area contributed by atoms with Gasteiger partial charge >= 0.3 is 0 Å². The zero-order valence-corrected chi connectivity index (χ0v) is 12.8. The third-order valence-electron chi connectivity index (χ3n) is 3.76. The highest BCUT2D eigenvalue weighted by Gasteiger charge is 2.19. The molecule has 2 heterocycles. The number of nitrogens with one attached hydrogen (secondary N) is 2. The zero-order chi connectivity index (χ0) is 16.7. The summed E-state index contributed by atoms with van der Waals surface area (Å²) in [6.07, 6.45) is 0. The van der Waals surface area contributed by atoms with Gasteiger partial charge in [0, 0.05) is 5.69 Å². The molecule has 4 rings (SSSR count). The molecule has 0 radical (unpaired) electrons. The average molecular weight is 319 g/mol. The van der Waals surface area contributed by atoms with Gasteiger partial charge in [0.25, 0.3) is 11.5 Å². The summed E-state index contributed by atoms with van der Waals surface area (Å²) in [6, 6.07) is 14.6. The first-order valence-corrected chi connectivity index (χ1v) is 7.38. The van der Waals surface area contributed by atoms with Gasteiger partial charge in [0.1, 0.15) is 0 Å². The smallest absolute Gasteiger partial charge is 0.278 e. The van der Waals surface area contributed by atoms with E-state index in [9.17, 15) is 9.59 Å². The van der Waals surface area contributed by atoms with Crippen LogP contribution in [0.25, 0.3) is 16.6 Å². The third-order valence-corrected chi connectivity index (χ3v) is 3.76. The molecule has 0 unspecified atom stereocenters. The molecule has 7 nitrogen and oxygen atoms in total. The maximum Gasteiger partial charge on any atom is 0.278 e. The maximum absolute atomic E-state index is 12.5. The Labute approximate surface area is 135 Å². The molecule has 2 aromatic heterocycles. The van der Waals surface area contributed by atoms with Crippen molar-refractivity contribution in [2.45, 2.75) is 6.92 Å². The van der Waals surface area contributed by atoms with Gasteiger partial charge in [0.15, 0.2) is 11.2 Å². The molecule has 0 spiro atoms. The maximum atomic E-state index is 12.5. The molecule has 1 amide bonds. The summed E-state index contributed by atoms with van der Waals surface area (Å²) in [4.78, 5) is 27.6. The van der Waals surface area contributed by atoms with Crippen molar-refractivity contribution in [1.29, 1.82) is 0 Å². The summed E-state index contributed by atoms with van der Waals surface area (Å²) in [5.41, 5.74) is 2.67. The minimum atomic E-state index is -0.479. The molecule has 0 aliphatic carbocycles. The van der Waals surface area contributed by atoms with Crippen molar-refractivity contribution in [2.75, 3.05) is 5.32 Å². The highest BCUT2D eigenvalue weighted by molar-refractivity contribution is 6.07. The normalized spacial score (nSPS) is 11.0. The molecule has 2 N–H and O–H groups in total. The zero-order valence-electron chi connectivity index (χ0n) is 12.8. The van der Waals surface area contributed by atoms with Crippen LogP contribution in [0.1, 0.15) is 16.1 Å². The van der Waals surface area contributed by atoms with E-state index in [1.165, 1.54) is 4.52 Å². The number of carbonyl (C=O) groups is 1. The molecule has 118 valence electrons. The molecular formula is C17H13N5O2. The van der Waals surface area contributed by atoms with E-state index in [4.69, 9.17) is 0 Å². The van der Waals surface area contributed by atoms with Crippen molar-refractivity contribution < 1.29 is 4.79 Å². The first-order valence-electron chi connectivity index (χ1n) is 7.38. The van der Waals surface area contributed by atoms with E-state index in [2.05, 4.69) is 20.6 Å². The molecule has 0 aliphatic rings. The van der Waals surface area contributed by atoms with E-state index in [0.717, 1.165) is 5.56 Å². The van der Waals surface area contributed by atoms with Gasteiger partial charge in [-0.3, -0.25) is 9.59 Å². The lowest BCUT2D eigenvalue weighted by atomic mass is 10.2. The Bertz CT molecular complexity index is 1130. The van der Waals surface area contributed by atoms with Crippen molar-refractivity contribution in [3.63, 3.8) is 0 Å². The van der Waals surface area contributed by atoms with Gasteiger partial charge in [-0.05, 0) is 36.8 Å². The largest absolute Gasteiger partial charge is 0.321 e. The molecule has 0 atom stereocenters. The van der Waals surface area contributed by atoms with Gasteiger partial charge in [0.05, 0.1) is 11.0 Å². The van der Waals surface area contributed by atoms with Crippen LogP contribution >= 0.6 is 0 Å². The number of fused-ring (bicyclic) bond motifs is 3. The van der Waals surface area contributed by atoms with Crippen LogP contribution in [-0.2, 0) is 0 Å². The quantitative estimate of drug-likeness (QED) is 0.592. The lowest BCUT2D eigenvalue weighted by Crippen LogP contribution is -2.18. The van der Waals surface area contributed by atoms with Gasteiger partial charge < -0.3 is 10.3 Å². The second-order valence-electron chi connectivity index (χ2n) is 5.49. The Morgan fingerprint density at radius 2 is 1.96 bits per heavy atom. The Morgan fingerprint density at radius 3 is 2.75 bits per heavy atom. The minimum absolute atomic E-state index is 0.0115. The average Bonchev–Trinajstić information content (AvgIpc) is 3.01. The number of benzene rings is 2. The number of aromatic amines is 1. The fourth-order valence-electron chi connectivity index (χ4n) is 2.64. The van der Waals surface area contributed by atoms with E-state index in [1.807, 2.05) is 43.3 Å². The van der Waals surface area contributed by atoms with Crippen molar-refractivity contribution in [3.8, 4) is 0 Å². The molecular weight excluding hydrogens is 306 g/mol. The number of rotatable bonds is 2. The topological polar surface area (TPSA) is 92.1 Å². The van der Waals surface area contributed by atoms with Gasteiger partial charge in [-0.15, -0.1) is 5.10 Å². The Balaban J connectivity index is 1.87. The number of carbonyl (C=O) groups excluding carboxylic acids is 1. The Kier molecular flexibility index (Phi) is 3.13. The van der Waals surface area contributed by atoms with E-state index >= 15 is 0 Å². The van der Waals surface area contributed by atoms with Gasteiger partial charge in [-0.25, -0.2) is 4.52 Å². The monoisotopic (exact) mass is 319 g/mol. The summed E-state index contributed by atoms with van der Waals surface area (Å²) >= 11 is 0. The third kappa shape index (κ3) is 2.23. The second-order valence-corrected chi connectivity index (χ2v) is 5.49. The predicted octanol–water partition coefficient (Wildman–Crippen LogP) is 2.13. The number of H-pyrrole nitrogens is 1. The number of hydrogen-bond donors (Lipinski definition) is 2. The number of aryl methyl sites for hydroxylation is 1. The van der Waals surface area contributed by atoms with Gasteiger partial charge in [-0.1, -0.05) is 29.5 Å². The number of aromatic nitrogens is 4. The van der Waals surface area contributed by atoms with Crippen molar-refractivity contribution in [1.82, 2.24) is 19.8 Å². The highest BCUT2D eigenvalue weighted by atomic mass is 16.2. The standard InChI is InChI=1S/C17H13N5O2/c1-10-7-8-13-12(9-10)19-17(24)15-14(20-21-22(13)15)16(23)18-11-5-3-2-4-6-11/h2-9H,1H3,(H,18,23)(H,19,24). The summed E-state index contributed by atoms with van der Waals surface area (Å²) in [5.74, 6) is -0.479. The Hall–Kier alpha value is -3.48. The van der Waals surface area contributed by atoms with Crippen LogP contribution in [0.4, 0.5) is 5.69 Å². The summed E-state index contributed by atoms with van der Waals surface area (Å²) in [7, 11) is 0. The lowest BCUT2D eigenvalue weighted by molar-refractivity contribution is 0.102. The summed E-state index contributed by atoms with van der Waals surface area (Å²) in [6.45, 7) is 1.93. The van der Waals surface area contributed by atoms with Crippen LogP contribution < -0.4 is 10.9 Å². The molecule has 2 aromatic carbocycles. The van der Waals surface area contributed by atoms with Crippen LogP contribution in [0.3, 0.4) is 0 Å². The van der Waals surface area contributed by atoms with E-state index in [0.29, 0.717) is 16.7 Å². The number of hydrogen-bond acceptors (Lipinski definition) is 4. The van der Waals surface area contributed by atoms with E-state index in [1.54, 1.807) is 12.1 Å². The van der Waals surface area contributed by atoms with Crippen LogP contribution in [0, 0.1) is 6.92 Å². The molecule has 0 fully saturated rings. The number of para-hydroxylation sites is 1. The number of anilines is 1. The number of nitrogens with zero attached hydrogens (tertiary/aromatic N) is 3. The molecule has 24 heavy (non-hydrogen) atoms. The van der Waals surface area contributed by atoms with Crippen molar-refractivity contribution in [3.05, 3.63) is 70.1 Å². The van der Waals surface area contributed by atoms with Crippen LogP contribution in [0.5, 0.6) is 0 Å². The molecule has 0 aliphatic heterocycles. The molecule has 4 aromatic rings. The van der Waals surface area contributed by atoms with Crippen LogP contribution in [0.2, 0.25) is 0 Å². The van der Waals surface area contributed by atoms with Crippen molar-refractivity contribution >= 4 is 28.1 Å². The minimum Gasteiger partial charge on any atom is -0.321 e.